The van der Waals surface area contributed by atoms with Crippen molar-refractivity contribution in [2.24, 2.45) is 0 Å². The van der Waals surface area contributed by atoms with Crippen LogP contribution in [0.4, 0.5) is 5.69 Å². The van der Waals surface area contributed by atoms with Gasteiger partial charge in [-0.05, 0) is 93.5 Å². The molecule has 37 heavy (non-hydrogen) atoms. The Hall–Kier alpha value is -3.36. The van der Waals surface area contributed by atoms with Gasteiger partial charge in [0, 0.05) is 41.2 Å². The number of hydrogen-bond donors (Lipinski definition) is 0. The Morgan fingerprint density at radius 1 is 0.946 bits per heavy atom. The molecule has 0 bridgehead atoms. The molecule has 2 aromatic carbocycles. The summed E-state index contributed by atoms with van der Waals surface area (Å²) < 4.78 is 2.30. The number of aromatic nitrogens is 1. The summed E-state index contributed by atoms with van der Waals surface area (Å²) in [4.78, 5) is 2.30. The number of anilines is 1. The van der Waals surface area contributed by atoms with Crippen molar-refractivity contribution in [1.82, 2.24) is 0 Å². The quantitative estimate of drug-likeness (QED) is 0.313. The monoisotopic (exact) mass is 507 g/mol. The fourth-order valence-corrected chi connectivity index (χ4v) is 5.69. The van der Waals surface area contributed by atoms with Crippen molar-refractivity contribution < 1.29 is 4.57 Å². The van der Waals surface area contributed by atoms with Gasteiger partial charge in [0.2, 0.25) is 5.52 Å². The average Bonchev–Trinajstić information content (AvgIpc) is 2.91. The van der Waals surface area contributed by atoms with Gasteiger partial charge in [0.1, 0.15) is 6.54 Å². The van der Waals surface area contributed by atoms with Crippen LogP contribution in [0.25, 0.3) is 22.6 Å². The maximum atomic E-state index is 7.00. The molecule has 1 aliphatic heterocycles. The van der Waals surface area contributed by atoms with Gasteiger partial charge in [-0.25, -0.2) is 0 Å². The van der Waals surface area contributed by atoms with Crippen molar-refractivity contribution in [3.05, 3.63) is 118 Å². The first-order valence-corrected chi connectivity index (χ1v) is 13.8. The van der Waals surface area contributed by atoms with Crippen LogP contribution < -0.4 is 9.47 Å². The summed E-state index contributed by atoms with van der Waals surface area (Å²) in [5.74, 6) is 0. The molecule has 0 N–H and O–H groups in total. The first kappa shape index (κ1) is 25.3. The third-order valence-electron chi connectivity index (χ3n) is 7.48. The van der Waals surface area contributed by atoms with E-state index < -0.39 is 0 Å². The summed E-state index contributed by atoms with van der Waals surface area (Å²) in [6.45, 7) is 10.6. The van der Waals surface area contributed by atoms with Crippen LogP contribution in [0.15, 0.2) is 95.3 Å². The maximum Gasteiger partial charge on any atom is 0.213 e. The van der Waals surface area contributed by atoms with Crippen molar-refractivity contribution in [3.63, 3.8) is 0 Å². The highest BCUT2D eigenvalue weighted by atomic mass is 35.5. The van der Waals surface area contributed by atoms with Gasteiger partial charge < -0.3 is 4.90 Å². The lowest BCUT2D eigenvalue weighted by atomic mass is 9.92. The standard InChI is InChI=1S/C34H36ClN2/c1-5-36-20-18-26(30-22-24(3)10-16-32(30)36)12-14-28-8-7-9-29(34(28)35)15-13-27-19-21-37(6-2)33-17-11-25(4)23-31(27)33/h10-23H,5-9H2,1-4H3/q+1. The molecule has 0 fully saturated rings. The second-order valence-electron chi connectivity index (χ2n) is 10.0. The van der Waals surface area contributed by atoms with Crippen LogP contribution in [-0.2, 0) is 6.54 Å². The molecule has 0 amide bonds. The summed E-state index contributed by atoms with van der Waals surface area (Å²) in [5, 5.41) is 2.19. The molecule has 1 aromatic heterocycles. The molecule has 0 spiro atoms. The van der Waals surface area contributed by atoms with E-state index >= 15 is 0 Å². The van der Waals surface area contributed by atoms with Crippen LogP contribution in [0.3, 0.4) is 0 Å². The van der Waals surface area contributed by atoms with E-state index in [2.05, 4.69) is 122 Å². The van der Waals surface area contributed by atoms with Crippen LogP contribution in [0, 0.1) is 13.8 Å². The smallest absolute Gasteiger partial charge is 0.213 e. The zero-order valence-electron chi connectivity index (χ0n) is 22.4. The van der Waals surface area contributed by atoms with Crippen molar-refractivity contribution in [1.29, 1.82) is 0 Å². The van der Waals surface area contributed by atoms with Crippen LogP contribution >= 0.6 is 11.6 Å². The summed E-state index contributed by atoms with van der Waals surface area (Å²) >= 11 is 7.00. The van der Waals surface area contributed by atoms with E-state index in [1.165, 1.54) is 55.6 Å². The van der Waals surface area contributed by atoms with Gasteiger partial charge in [0.05, 0.1) is 5.39 Å². The van der Waals surface area contributed by atoms with Gasteiger partial charge in [0.15, 0.2) is 6.20 Å². The lowest BCUT2D eigenvalue weighted by molar-refractivity contribution is -0.667. The van der Waals surface area contributed by atoms with E-state index in [1.54, 1.807) is 0 Å². The summed E-state index contributed by atoms with van der Waals surface area (Å²) in [6, 6.07) is 15.6. The maximum absolute atomic E-state index is 7.00. The molecule has 2 nitrogen and oxygen atoms in total. The zero-order valence-corrected chi connectivity index (χ0v) is 23.1. The van der Waals surface area contributed by atoms with Gasteiger partial charge >= 0.3 is 0 Å². The Bertz CT molecular complexity index is 1500. The Morgan fingerprint density at radius 3 is 2.57 bits per heavy atom. The minimum absolute atomic E-state index is 0.902. The minimum atomic E-state index is 0.902. The molecule has 0 unspecified atom stereocenters. The van der Waals surface area contributed by atoms with Crippen molar-refractivity contribution >= 4 is 39.8 Å². The topological polar surface area (TPSA) is 7.12 Å². The minimum Gasteiger partial charge on any atom is -0.348 e. The van der Waals surface area contributed by atoms with E-state index in [0.717, 1.165) is 37.4 Å². The predicted molar refractivity (Wildman–Crippen MR) is 160 cm³/mol. The number of aryl methyl sites for hydroxylation is 3. The van der Waals surface area contributed by atoms with Gasteiger partial charge in [-0.15, -0.1) is 0 Å². The highest BCUT2D eigenvalue weighted by Gasteiger charge is 2.17. The highest BCUT2D eigenvalue weighted by Crippen LogP contribution is 2.36. The summed E-state index contributed by atoms with van der Waals surface area (Å²) in [6.07, 6.45) is 18.7. The largest absolute Gasteiger partial charge is 0.348 e. The Morgan fingerprint density at radius 2 is 1.76 bits per heavy atom. The Balaban J connectivity index is 1.47. The average molecular weight is 508 g/mol. The molecule has 0 saturated heterocycles. The van der Waals surface area contributed by atoms with E-state index in [1.807, 2.05) is 0 Å². The van der Waals surface area contributed by atoms with Gasteiger partial charge in [-0.1, -0.05) is 59.2 Å². The predicted octanol–water partition coefficient (Wildman–Crippen LogP) is 8.82. The van der Waals surface area contributed by atoms with Crippen LogP contribution in [-0.4, -0.2) is 6.54 Å². The molecule has 0 saturated carbocycles. The molecule has 2 aliphatic rings. The van der Waals surface area contributed by atoms with Crippen LogP contribution in [0.1, 0.15) is 55.4 Å². The molecule has 2 heterocycles. The number of nitrogens with zero attached hydrogens (tertiary/aromatic N) is 2. The molecular formula is C34H36ClN2+. The van der Waals surface area contributed by atoms with Gasteiger partial charge in [0.25, 0.3) is 0 Å². The molecule has 3 heteroatoms. The summed E-state index contributed by atoms with van der Waals surface area (Å²) in [7, 11) is 0. The third-order valence-corrected chi connectivity index (χ3v) is 7.96. The molecule has 0 radical (unpaired) electrons. The molecule has 188 valence electrons. The van der Waals surface area contributed by atoms with E-state index in [-0.39, 0.29) is 0 Å². The number of pyridine rings is 1. The zero-order chi connectivity index (χ0) is 25.9. The Labute approximate surface area is 226 Å². The van der Waals surface area contributed by atoms with Gasteiger partial charge in [-0.3, -0.25) is 0 Å². The van der Waals surface area contributed by atoms with Gasteiger partial charge in [-0.2, -0.15) is 4.57 Å². The summed E-state index contributed by atoms with van der Waals surface area (Å²) in [5.41, 5.74) is 11.3. The lowest BCUT2D eigenvalue weighted by Gasteiger charge is -2.27. The molecular weight excluding hydrogens is 472 g/mol. The van der Waals surface area contributed by atoms with Crippen molar-refractivity contribution in [2.75, 3.05) is 11.4 Å². The Kier molecular flexibility index (Phi) is 7.48. The number of rotatable bonds is 5. The fraction of sp³-hybridized carbons (Fsp3) is 0.265. The number of fused-ring (bicyclic) bond motifs is 2. The highest BCUT2D eigenvalue weighted by molar-refractivity contribution is 6.32. The first-order chi connectivity index (χ1) is 18.0. The SMILES string of the molecule is CCN1C=C/C(=C\C=C2/CCCC(/C=C/c3cc[n+](CC)c4ccc(C)cc34)=C2Cl)c2cc(C)ccc21. The lowest BCUT2D eigenvalue weighted by Crippen LogP contribution is -2.32. The second-order valence-corrected chi connectivity index (χ2v) is 10.4. The van der Waals surface area contributed by atoms with Crippen LogP contribution in [0.2, 0.25) is 0 Å². The fourth-order valence-electron chi connectivity index (χ4n) is 5.37. The molecule has 5 rings (SSSR count). The number of halogens is 1. The van der Waals surface area contributed by atoms with E-state index in [9.17, 15) is 0 Å². The molecule has 3 aromatic rings. The molecule has 1 aliphatic carbocycles. The normalized spacial score (nSPS) is 18.0. The number of allylic oxidation sites excluding steroid dienone is 8. The van der Waals surface area contributed by atoms with E-state index in [0.29, 0.717) is 0 Å². The second kappa shape index (κ2) is 10.9. The van der Waals surface area contributed by atoms with E-state index in [4.69, 9.17) is 11.6 Å². The number of hydrogen-bond acceptors (Lipinski definition) is 1. The van der Waals surface area contributed by atoms with Crippen LogP contribution in [0.5, 0.6) is 0 Å². The van der Waals surface area contributed by atoms with Crippen molar-refractivity contribution in [2.45, 2.75) is 53.5 Å². The van der Waals surface area contributed by atoms with Crippen molar-refractivity contribution in [3.8, 4) is 0 Å². The molecule has 0 atom stereocenters. The third kappa shape index (κ3) is 5.22. The number of benzene rings is 2. The first-order valence-electron chi connectivity index (χ1n) is 13.4.